The lowest BCUT2D eigenvalue weighted by Crippen LogP contribution is -2.39. The zero-order valence-corrected chi connectivity index (χ0v) is 14.9. The summed E-state index contributed by atoms with van der Waals surface area (Å²) in [5.74, 6) is 0.949. The Morgan fingerprint density at radius 1 is 1.08 bits per heavy atom. The predicted octanol–water partition coefficient (Wildman–Crippen LogP) is 3.26. The number of hydrogen-bond donors (Lipinski definition) is 2. The van der Waals surface area contributed by atoms with Gasteiger partial charge in [-0.2, -0.15) is 5.10 Å². The molecule has 1 aliphatic rings. The first kappa shape index (κ1) is 16.6. The molecule has 4 rings (SSSR count). The summed E-state index contributed by atoms with van der Waals surface area (Å²) in [5.41, 5.74) is 3.00. The maximum Gasteiger partial charge on any atom is 0.217 e. The topological polar surface area (TPSA) is 71.3 Å². The summed E-state index contributed by atoms with van der Waals surface area (Å²) in [7, 11) is 0. The van der Waals surface area contributed by atoms with Gasteiger partial charge in [-0.05, 0) is 49.9 Å². The summed E-state index contributed by atoms with van der Waals surface area (Å²) in [4.78, 5) is 16.0. The van der Waals surface area contributed by atoms with E-state index < -0.39 is 0 Å². The number of hydrogen-bond acceptors (Lipinski definition) is 4. The molecule has 1 saturated carbocycles. The van der Waals surface area contributed by atoms with E-state index in [-0.39, 0.29) is 5.91 Å². The van der Waals surface area contributed by atoms with Crippen molar-refractivity contribution in [2.24, 2.45) is 0 Å². The number of pyridine rings is 2. The van der Waals surface area contributed by atoms with Crippen molar-refractivity contribution >= 4 is 17.2 Å². The molecule has 3 heterocycles. The van der Waals surface area contributed by atoms with Crippen LogP contribution < -0.4 is 10.6 Å². The molecule has 0 atom stereocenters. The van der Waals surface area contributed by atoms with Crippen LogP contribution in [0.2, 0.25) is 0 Å². The van der Waals surface area contributed by atoms with Gasteiger partial charge in [0.1, 0.15) is 5.82 Å². The van der Waals surface area contributed by atoms with Gasteiger partial charge in [0.2, 0.25) is 5.91 Å². The Kier molecular flexibility index (Phi) is 4.56. The number of anilines is 1. The quantitative estimate of drug-likeness (QED) is 0.758. The molecule has 6 nitrogen and oxygen atoms in total. The lowest BCUT2D eigenvalue weighted by atomic mass is 9.91. The zero-order chi connectivity index (χ0) is 17.9. The van der Waals surface area contributed by atoms with Crippen LogP contribution >= 0.6 is 0 Å². The molecule has 0 aliphatic heterocycles. The Hall–Kier alpha value is -2.89. The Morgan fingerprint density at radius 2 is 1.88 bits per heavy atom. The summed E-state index contributed by atoms with van der Waals surface area (Å²) in [5, 5.41) is 11.0. The second-order valence-corrected chi connectivity index (χ2v) is 6.89. The summed E-state index contributed by atoms with van der Waals surface area (Å²) in [6.07, 6.45) is 7.88. The Morgan fingerprint density at radius 3 is 2.69 bits per heavy atom. The highest BCUT2D eigenvalue weighted by Crippen LogP contribution is 2.26. The van der Waals surface area contributed by atoms with E-state index in [2.05, 4.69) is 15.7 Å². The van der Waals surface area contributed by atoms with Crippen LogP contribution in [0.25, 0.3) is 16.8 Å². The van der Waals surface area contributed by atoms with Gasteiger partial charge in [0, 0.05) is 30.8 Å². The molecule has 0 unspecified atom stereocenters. The first-order valence-corrected chi connectivity index (χ1v) is 9.12. The molecule has 1 fully saturated rings. The third kappa shape index (κ3) is 3.54. The van der Waals surface area contributed by atoms with E-state index >= 15 is 0 Å². The summed E-state index contributed by atoms with van der Waals surface area (Å²) < 4.78 is 1.86. The van der Waals surface area contributed by atoms with Crippen LogP contribution in [-0.2, 0) is 4.79 Å². The summed E-state index contributed by atoms with van der Waals surface area (Å²) in [6, 6.07) is 12.8. The van der Waals surface area contributed by atoms with Crippen LogP contribution in [0.1, 0.15) is 32.6 Å². The molecule has 134 valence electrons. The monoisotopic (exact) mass is 349 g/mol. The molecule has 1 aliphatic carbocycles. The average molecular weight is 349 g/mol. The van der Waals surface area contributed by atoms with Crippen molar-refractivity contribution < 1.29 is 4.79 Å². The van der Waals surface area contributed by atoms with Gasteiger partial charge in [0.05, 0.1) is 17.4 Å². The van der Waals surface area contributed by atoms with E-state index in [0.29, 0.717) is 12.1 Å². The molecule has 3 aromatic rings. The Labute approximate surface area is 152 Å². The molecule has 0 spiro atoms. The average Bonchev–Trinajstić information content (AvgIpc) is 3.07. The van der Waals surface area contributed by atoms with Gasteiger partial charge in [-0.25, -0.2) is 9.50 Å². The SMILES string of the molecule is CC(=O)N[C@H]1CC[C@H](Nc2cccc(-c3cnn4ccccc34)n2)CC1. The number of nitrogens with zero attached hydrogens (tertiary/aromatic N) is 3. The van der Waals surface area contributed by atoms with Crippen LogP contribution in [0.15, 0.2) is 48.8 Å². The van der Waals surface area contributed by atoms with Gasteiger partial charge < -0.3 is 10.6 Å². The third-order valence-electron chi connectivity index (χ3n) is 4.94. The molecule has 0 saturated heterocycles. The molecule has 0 bridgehead atoms. The van der Waals surface area contributed by atoms with Gasteiger partial charge in [0.25, 0.3) is 0 Å². The van der Waals surface area contributed by atoms with Crippen LogP contribution in [0.4, 0.5) is 5.82 Å². The lowest BCUT2D eigenvalue weighted by molar-refractivity contribution is -0.119. The van der Waals surface area contributed by atoms with Crippen molar-refractivity contribution in [2.75, 3.05) is 5.32 Å². The number of carbonyl (C=O) groups is 1. The standard InChI is InChI=1S/C20H23N5O/c1-14(26)22-15-8-10-16(11-9-15)23-20-7-4-5-18(24-20)17-13-21-25-12-3-2-6-19(17)25/h2-7,12-13,15-16H,8-11H2,1H3,(H,22,26)(H,23,24)/t15-,16-. The third-order valence-corrected chi connectivity index (χ3v) is 4.94. The molecule has 26 heavy (non-hydrogen) atoms. The van der Waals surface area contributed by atoms with Gasteiger partial charge in [0.15, 0.2) is 0 Å². The van der Waals surface area contributed by atoms with Crippen molar-refractivity contribution in [1.29, 1.82) is 0 Å². The lowest BCUT2D eigenvalue weighted by Gasteiger charge is -2.29. The minimum Gasteiger partial charge on any atom is -0.367 e. The van der Waals surface area contributed by atoms with Crippen LogP contribution in [0.5, 0.6) is 0 Å². The first-order chi connectivity index (χ1) is 12.7. The van der Waals surface area contributed by atoms with Gasteiger partial charge in [-0.15, -0.1) is 0 Å². The smallest absolute Gasteiger partial charge is 0.217 e. The zero-order valence-electron chi connectivity index (χ0n) is 14.9. The van der Waals surface area contributed by atoms with Crippen LogP contribution in [0, 0.1) is 0 Å². The number of nitrogens with one attached hydrogen (secondary N) is 2. The first-order valence-electron chi connectivity index (χ1n) is 9.12. The largest absolute Gasteiger partial charge is 0.367 e. The highest BCUT2D eigenvalue weighted by molar-refractivity contribution is 5.78. The van der Waals surface area contributed by atoms with E-state index in [1.54, 1.807) is 6.92 Å². The number of aromatic nitrogens is 3. The number of amides is 1. The molecule has 3 aromatic heterocycles. The van der Waals surface area contributed by atoms with Crippen molar-refractivity contribution in [3.8, 4) is 11.3 Å². The van der Waals surface area contributed by atoms with Crippen molar-refractivity contribution in [3.63, 3.8) is 0 Å². The van der Waals surface area contributed by atoms with Crippen molar-refractivity contribution in [3.05, 3.63) is 48.8 Å². The Balaban J connectivity index is 1.46. The van der Waals surface area contributed by atoms with E-state index in [1.807, 2.05) is 53.3 Å². The molecule has 6 heteroatoms. The second-order valence-electron chi connectivity index (χ2n) is 6.89. The van der Waals surface area contributed by atoms with Crippen molar-refractivity contribution in [2.45, 2.75) is 44.7 Å². The molecule has 1 amide bonds. The molecular weight excluding hydrogens is 326 g/mol. The molecular formula is C20H23N5O. The number of fused-ring (bicyclic) bond motifs is 1. The minimum atomic E-state index is 0.0594. The van der Waals surface area contributed by atoms with Gasteiger partial charge in [-0.1, -0.05) is 12.1 Å². The second kappa shape index (κ2) is 7.15. The Bertz CT molecular complexity index is 911. The summed E-state index contributed by atoms with van der Waals surface area (Å²) in [6.45, 7) is 1.58. The summed E-state index contributed by atoms with van der Waals surface area (Å²) >= 11 is 0. The van der Waals surface area contributed by atoms with Crippen LogP contribution in [0.3, 0.4) is 0 Å². The van der Waals surface area contributed by atoms with E-state index in [9.17, 15) is 4.79 Å². The van der Waals surface area contributed by atoms with E-state index in [1.165, 1.54) is 0 Å². The highest BCUT2D eigenvalue weighted by atomic mass is 16.1. The maximum atomic E-state index is 11.2. The molecule has 0 aromatic carbocycles. The fraction of sp³-hybridized carbons (Fsp3) is 0.350. The fourth-order valence-corrected chi connectivity index (χ4v) is 3.68. The van der Waals surface area contributed by atoms with Crippen molar-refractivity contribution in [1.82, 2.24) is 19.9 Å². The number of carbonyl (C=O) groups excluding carboxylic acids is 1. The molecule has 2 N–H and O–H groups in total. The molecule has 0 radical (unpaired) electrons. The van der Waals surface area contributed by atoms with Gasteiger partial charge in [-0.3, -0.25) is 4.79 Å². The maximum absolute atomic E-state index is 11.2. The van der Waals surface area contributed by atoms with E-state index in [4.69, 9.17) is 4.98 Å². The predicted molar refractivity (Wildman–Crippen MR) is 102 cm³/mol. The van der Waals surface area contributed by atoms with Gasteiger partial charge >= 0.3 is 0 Å². The van der Waals surface area contributed by atoms with Crippen LogP contribution in [-0.4, -0.2) is 32.6 Å². The normalized spacial score (nSPS) is 20.0. The highest BCUT2D eigenvalue weighted by Gasteiger charge is 2.21. The number of rotatable bonds is 4. The minimum absolute atomic E-state index is 0.0594. The fourth-order valence-electron chi connectivity index (χ4n) is 3.68. The van der Waals surface area contributed by atoms with E-state index in [0.717, 1.165) is 48.3 Å².